The summed E-state index contributed by atoms with van der Waals surface area (Å²) in [7, 11) is -2.41. The second-order valence-corrected chi connectivity index (χ2v) is 7.48. The van der Waals surface area contributed by atoms with Gasteiger partial charge in [-0.15, -0.1) is 0 Å². The van der Waals surface area contributed by atoms with Crippen molar-refractivity contribution in [3.8, 4) is 5.75 Å². The molecule has 0 aliphatic rings. The molecule has 1 N–H and O–H groups in total. The first-order chi connectivity index (χ1) is 11.7. The minimum atomic E-state index is -3.79. The Hall–Kier alpha value is -2.32. The van der Waals surface area contributed by atoms with Crippen molar-refractivity contribution < 1.29 is 22.3 Å². The van der Waals surface area contributed by atoms with Gasteiger partial charge in [-0.1, -0.05) is 11.6 Å². The lowest BCUT2D eigenvalue weighted by molar-refractivity contribution is -0.114. The second kappa shape index (κ2) is 7.71. The van der Waals surface area contributed by atoms with Crippen LogP contribution in [0.1, 0.15) is 0 Å². The molecule has 0 atom stereocenters. The van der Waals surface area contributed by atoms with E-state index < -0.39 is 28.3 Å². The topological polar surface area (TPSA) is 75.7 Å². The zero-order valence-electron chi connectivity index (χ0n) is 13.5. The Morgan fingerprint density at radius 3 is 2.44 bits per heavy atom. The number of hydrogen-bond acceptors (Lipinski definition) is 4. The fourth-order valence-corrected chi connectivity index (χ4v) is 3.12. The molecule has 0 heterocycles. The van der Waals surface area contributed by atoms with Crippen molar-refractivity contribution >= 4 is 38.9 Å². The number of nitrogens with one attached hydrogen (secondary N) is 1. The van der Waals surface area contributed by atoms with Crippen molar-refractivity contribution in [1.82, 2.24) is 0 Å². The van der Waals surface area contributed by atoms with Gasteiger partial charge in [0.15, 0.2) is 0 Å². The minimum Gasteiger partial charge on any atom is -0.495 e. The summed E-state index contributed by atoms with van der Waals surface area (Å²) in [5.41, 5.74) is 0.490. The SMILES string of the molecule is COc1ccc(Cl)cc1N(CC(=O)Nc1ccc(F)cc1)S(C)(=O)=O. The summed E-state index contributed by atoms with van der Waals surface area (Å²) in [5.74, 6) is -0.789. The summed E-state index contributed by atoms with van der Waals surface area (Å²) >= 11 is 5.94. The third-order valence-electron chi connectivity index (χ3n) is 3.23. The number of carbonyl (C=O) groups is 1. The van der Waals surface area contributed by atoms with Crippen LogP contribution in [0.2, 0.25) is 5.02 Å². The Morgan fingerprint density at radius 2 is 1.88 bits per heavy atom. The molecule has 0 bridgehead atoms. The van der Waals surface area contributed by atoms with Gasteiger partial charge in [-0.05, 0) is 42.5 Å². The number of sulfonamides is 1. The molecule has 0 aliphatic heterocycles. The number of carbonyl (C=O) groups excluding carboxylic acids is 1. The second-order valence-electron chi connectivity index (χ2n) is 5.14. The lowest BCUT2D eigenvalue weighted by atomic mass is 10.3. The van der Waals surface area contributed by atoms with Crippen LogP contribution in [0.4, 0.5) is 15.8 Å². The van der Waals surface area contributed by atoms with Crippen LogP contribution in [0.5, 0.6) is 5.75 Å². The van der Waals surface area contributed by atoms with Crippen LogP contribution in [0.3, 0.4) is 0 Å². The normalized spacial score (nSPS) is 11.0. The largest absolute Gasteiger partial charge is 0.495 e. The number of hydrogen-bond donors (Lipinski definition) is 1. The maximum absolute atomic E-state index is 12.9. The van der Waals surface area contributed by atoms with E-state index in [1.54, 1.807) is 6.07 Å². The number of methoxy groups -OCH3 is 1. The van der Waals surface area contributed by atoms with Crippen LogP contribution >= 0.6 is 11.6 Å². The van der Waals surface area contributed by atoms with Gasteiger partial charge in [-0.3, -0.25) is 9.10 Å². The first-order valence-corrected chi connectivity index (χ1v) is 9.30. The molecule has 0 unspecified atom stereocenters. The predicted octanol–water partition coefficient (Wildman–Crippen LogP) is 2.89. The van der Waals surface area contributed by atoms with Crippen LogP contribution in [0.25, 0.3) is 0 Å². The molecule has 6 nitrogen and oxygen atoms in total. The Bertz CT molecular complexity index is 872. The first kappa shape index (κ1) is 19.0. The smallest absolute Gasteiger partial charge is 0.245 e. The molecular weight excluding hydrogens is 371 g/mol. The molecule has 1 amide bonds. The number of anilines is 2. The molecule has 0 saturated heterocycles. The molecule has 2 rings (SSSR count). The average molecular weight is 387 g/mol. The lowest BCUT2D eigenvalue weighted by Crippen LogP contribution is -2.37. The number of nitrogens with zero attached hydrogens (tertiary/aromatic N) is 1. The van der Waals surface area contributed by atoms with E-state index in [4.69, 9.17) is 16.3 Å². The Kier molecular flexibility index (Phi) is 5.86. The van der Waals surface area contributed by atoms with Gasteiger partial charge in [0.05, 0.1) is 19.1 Å². The molecule has 0 saturated carbocycles. The van der Waals surface area contributed by atoms with Gasteiger partial charge >= 0.3 is 0 Å². The summed E-state index contributed by atoms with van der Waals surface area (Å²) in [4.78, 5) is 12.2. The maximum atomic E-state index is 12.9. The summed E-state index contributed by atoms with van der Waals surface area (Å²) in [5, 5.41) is 2.80. The van der Waals surface area contributed by atoms with Crippen LogP contribution < -0.4 is 14.4 Å². The predicted molar refractivity (Wildman–Crippen MR) is 95.2 cm³/mol. The Balaban J connectivity index is 2.29. The fourth-order valence-electron chi connectivity index (χ4n) is 2.10. The molecular formula is C16H16ClFN2O4S. The van der Waals surface area contributed by atoms with Crippen molar-refractivity contribution in [2.24, 2.45) is 0 Å². The fraction of sp³-hybridized carbons (Fsp3) is 0.188. The van der Waals surface area contributed by atoms with E-state index in [0.717, 1.165) is 10.6 Å². The molecule has 9 heteroatoms. The van der Waals surface area contributed by atoms with Crippen LogP contribution in [0.15, 0.2) is 42.5 Å². The highest BCUT2D eigenvalue weighted by Crippen LogP contribution is 2.32. The number of rotatable bonds is 6. The third-order valence-corrected chi connectivity index (χ3v) is 4.59. The van der Waals surface area contributed by atoms with Crippen molar-refractivity contribution in [1.29, 1.82) is 0 Å². The number of amides is 1. The van der Waals surface area contributed by atoms with E-state index in [0.29, 0.717) is 10.7 Å². The van der Waals surface area contributed by atoms with Gasteiger partial charge in [-0.25, -0.2) is 12.8 Å². The summed E-state index contributed by atoms with van der Waals surface area (Å²) in [6, 6.07) is 9.56. The number of halogens is 2. The monoisotopic (exact) mass is 386 g/mol. The summed E-state index contributed by atoms with van der Waals surface area (Å²) in [6.45, 7) is -0.493. The average Bonchev–Trinajstić information content (AvgIpc) is 2.54. The van der Waals surface area contributed by atoms with E-state index in [1.807, 2.05) is 0 Å². The van der Waals surface area contributed by atoms with Crippen molar-refractivity contribution in [3.63, 3.8) is 0 Å². The first-order valence-electron chi connectivity index (χ1n) is 7.07. The van der Waals surface area contributed by atoms with E-state index in [2.05, 4.69) is 5.32 Å². The van der Waals surface area contributed by atoms with Gasteiger partial charge in [0.25, 0.3) is 0 Å². The summed E-state index contributed by atoms with van der Waals surface area (Å²) < 4.78 is 43.2. The van der Waals surface area contributed by atoms with Gasteiger partial charge < -0.3 is 10.1 Å². The summed E-state index contributed by atoms with van der Waals surface area (Å²) in [6.07, 6.45) is 0.971. The molecule has 134 valence electrons. The standard InChI is InChI=1S/C16H16ClFN2O4S/c1-24-15-8-3-11(17)9-14(15)20(25(2,22)23)10-16(21)19-13-6-4-12(18)5-7-13/h3-9H,10H2,1-2H3,(H,19,21). The molecule has 0 aliphatic carbocycles. The van der Waals surface area contributed by atoms with E-state index >= 15 is 0 Å². The molecule has 0 aromatic heterocycles. The van der Waals surface area contributed by atoms with Gasteiger partial charge in [0.1, 0.15) is 18.1 Å². The van der Waals surface area contributed by atoms with E-state index in [-0.39, 0.29) is 11.4 Å². The maximum Gasteiger partial charge on any atom is 0.245 e. The van der Waals surface area contributed by atoms with Crippen molar-refractivity contribution in [2.75, 3.05) is 29.5 Å². The molecule has 0 spiro atoms. The van der Waals surface area contributed by atoms with Crippen LogP contribution in [-0.4, -0.2) is 34.2 Å². The molecule has 0 fully saturated rings. The van der Waals surface area contributed by atoms with Crippen molar-refractivity contribution in [3.05, 3.63) is 53.3 Å². The zero-order valence-corrected chi connectivity index (χ0v) is 15.1. The Labute approximate surface area is 150 Å². The number of benzene rings is 2. The molecule has 0 radical (unpaired) electrons. The van der Waals surface area contributed by atoms with E-state index in [9.17, 15) is 17.6 Å². The minimum absolute atomic E-state index is 0.145. The van der Waals surface area contributed by atoms with Gasteiger partial charge in [-0.2, -0.15) is 0 Å². The van der Waals surface area contributed by atoms with Crippen molar-refractivity contribution in [2.45, 2.75) is 0 Å². The zero-order chi connectivity index (χ0) is 18.6. The Morgan fingerprint density at radius 1 is 1.24 bits per heavy atom. The molecule has 25 heavy (non-hydrogen) atoms. The highest BCUT2D eigenvalue weighted by atomic mass is 35.5. The lowest BCUT2D eigenvalue weighted by Gasteiger charge is -2.24. The van der Waals surface area contributed by atoms with Gasteiger partial charge in [0, 0.05) is 10.7 Å². The highest BCUT2D eigenvalue weighted by Gasteiger charge is 2.24. The highest BCUT2D eigenvalue weighted by molar-refractivity contribution is 7.92. The quantitative estimate of drug-likeness (QED) is 0.828. The van der Waals surface area contributed by atoms with E-state index in [1.165, 1.54) is 43.5 Å². The van der Waals surface area contributed by atoms with Crippen LogP contribution in [-0.2, 0) is 14.8 Å². The van der Waals surface area contributed by atoms with Gasteiger partial charge in [0.2, 0.25) is 15.9 Å². The van der Waals surface area contributed by atoms with Crippen LogP contribution in [0, 0.1) is 5.82 Å². The molecule has 2 aromatic carbocycles. The number of ether oxygens (including phenoxy) is 1. The third kappa shape index (κ3) is 5.07. The molecule has 2 aromatic rings.